The van der Waals surface area contributed by atoms with Crippen LogP contribution in [0.1, 0.15) is 30.5 Å². The van der Waals surface area contributed by atoms with E-state index in [1.165, 1.54) is 12.1 Å². The first kappa shape index (κ1) is 18.5. The van der Waals surface area contributed by atoms with E-state index in [2.05, 4.69) is 9.50 Å². The Kier molecular flexibility index (Phi) is 5.38. The van der Waals surface area contributed by atoms with Crippen LogP contribution in [0.4, 0.5) is 13.2 Å². The zero-order valence-corrected chi connectivity index (χ0v) is 13.5. The molecule has 0 radical (unpaired) electrons. The summed E-state index contributed by atoms with van der Waals surface area (Å²) in [6, 6.07) is 3.48. The number of ether oxygens (including phenoxy) is 1. The first-order valence-corrected chi connectivity index (χ1v) is 8.57. The lowest BCUT2D eigenvalue weighted by Crippen LogP contribution is -2.32. The molecule has 0 saturated heterocycles. The van der Waals surface area contributed by atoms with Crippen LogP contribution in [-0.4, -0.2) is 33.0 Å². The summed E-state index contributed by atoms with van der Waals surface area (Å²) in [6.45, 7) is 2.43. The second kappa shape index (κ2) is 6.98. The number of carbonyl (C=O) groups excluding carboxylic acids is 1. The summed E-state index contributed by atoms with van der Waals surface area (Å²) in [4.78, 5) is 11.6. The Morgan fingerprint density at radius 3 is 2.71 bits per heavy atom. The quantitative estimate of drug-likeness (QED) is 0.487. The fourth-order valence-electron chi connectivity index (χ4n) is 2.42. The van der Waals surface area contributed by atoms with E-state index in [-0.39, 0.29) is 19.1 Å². The molecule has 0 aliphatic carbocycles. The number of fused-ring (bicyclic) bond motifs is 1. The number of halogens is 3. The molecular formula is C14H16F3NO5S. The minimum absolute atomic E-state index is 0.0713. The van der Waals surface area contributed by atoms with Crippen LogP contribution in [0.3, 0.4) is 0 Å². The van der Waals surface area contributed by atoms with E-state index in [0.717, 1.165) is 6.07 Å². The maximum Gasteiger partial charge on any atom is 0.534 e. The molecule has 0 spiro atoms. The van der Waals surface area contributed by atoms with Gasteiger partial charge in [0.2, 0.25) is 0 Å². The van der Waals surface area contributed by atoms with Crippen molar-refractivity contribution in [2.45, 2.75) is 31.3 Å². The predicted molar refractivity (Wildman–Crippen MR) is 77.7 cm³/mol. The maximum absolute atomic E-state index is 12.4. The molecule has 134 valence electrons. The number of nitrogens with one attached hydrogen (secondary N) is 1. The summed E-state index contributed by atoms with van der Waals surface area (Å²) in [5.74, 6) is -0.814. The minimum atomic E-state index is -5.71. The highest BCUT2D eigenvalue weighted by molar-refractivity contribution is 7.88. The van der Waals surface area contributed by atoms with Gasteiger partial charge in [-0.25, -0.2) is 0 Å². The van der Waals surface area contributed by atoms with Gasteiger partial charge in [0.25, 0.3) is 0 Å². The normalized spacial score (nSPS) is 17.9. The van der Waals surface area contributed by atoms with E-state index in [9.17, 15) is 26.4 Å². The molecule has 1 atom stereocenters. The highest BCUT2D eigenvalue weighted by atomic mass is 32.2. The zero-order valence-electron chi connectivity index (χ0n) is 12.7. The van der Waals surface area contributed by atoms with Gasteiger partial charge in [-0.1, -0.05) is 6.07 Å². The molecule has 0 fully saturated rings. The molecule has 1 aromatic rings. The summed E-state index contributed by atoms with van der Waals surface area (Å²) in [5.41, 5.74) is -4.17. The summed E-state index contributed by atoms with van der Waals surface area (Å²) >= 11 is 0. The van der Waals surface area contributed by atoms with Crippen LogP contribution in [0.15, 0.2) is 18.2 Å². The first-order valence-electron chi connectivity index (χ1n) is 7.16. The van der Waals surface area contributed by atoms with Crippen molar-refractivity contribution in [3.8, 4) is 5.75 Å². The molecule has 0 bridgehead atoms. The van der Waals surface area contributed by atoms with Crippen molar-refractivity contribution in [1.29, 1.82) is 0 Å². The Hall–Kier alpha value is -1.81. The van der Waals surface area contributed by atoms with Gasteiger partial charge in [0.15, 0.2) is 0 Å². The van der Waals surface area contributed by atoms with E-state index in [1.54, 1.807) is 6.92 Å². The standard InChI is InChI=1S/C14H16F3NO5S/c1-2-22-13(19)8-12-11-4-3-10(7-9(11)5-6-18-12)23-24(20,21)14(15,16)17/h3-4,7,12,18H,2,5-6,8H2,1H3. The van der Waals surface area contributed by atoms with Crippen LogP contribution >= 0.6 is 0 Å². The van der Waals surface area contributed by atoms with Crippen molar-refractivity contribution in [2.24, 2.45) is 0 Å². The van der Waals surface area contributed by atoms with Gasteiger partial charge in [0, 0.05) is 6.04 Å². The van der Waals surface area contributed by atoms with Gasteiger partial charge >= 0.3 is 21.6 Å². The van der Waals surface area contributed by atoms with E-state index < -0.39 is 27.3 Å². The lowest BCUT2D eigenvalue weighted by molar-refractivity contribution is -0.143. The molecule has 10 heteroatoms. The van der Waals surface area contributed by atoms with Crippen LogP contribution in [0.2, 0.25) is 0 Å². The fraction of sp³-hybridized carbons (Fsp3) is 0.500. The summed E-state index contributed by atoms with van der Waals surface area (Å²) in [6.07, 6.45) is 0.541. The number of esters is 1. The third-order valence-corrected chi connectivity index (χ3v) is 4.42. The van der Waals surface area contributed by atoms with Gasteiger partial charge in [-0.2, -0.15) is 21.6 Å². The van der Waals surface area contributed by atoms with Crippen molar-refractivity contribution in [3.05, 3.63) is 29.3 Å². The molecule has 0 amide bonds. The molecule has 1 aliphatic heterocycles. The van der Waals surface area contributed by atoms with Gasteiger partial charge < -0.3 is 14.2 Å². The summed E-state index contributed by atoms with van der Waals surface area (Å²) < 4.78 is 68.2. The van der Waals surface area contributed by atoms with Crippen LogP contribution in [-0.2, 0) is 26.1 Å². The zero-order chi connectivity index (χ0) is 18.0. The average Bonchev–Trinajstić information content (AvgIpc) is 2.46. The molecule has 2 rings (SSSR count). The number of hydrogen-bond acceptors (Lipinski definition) is 6. The van der Waals surface area contributed by atoms with Gasteiger partial charge in [-0.05, 0) is 43.1 Å². The monoisotopic (exact) mass is 367 g/mol. The third-order valence-electron chi connectivity index (χ3n) is 3.44. The molecule has 0 saturated carbocycles. The fourth-order valence-corrected chi connectivity index (χ4v) is 2.88. The SMILES string of the molecule is CCOC(=O)CC1NCCc2cc(OS(=O)(=O)C(F)(F)F)ccc21. The second-order valence-electron chi connectivity index (χ2n) is 5.11. The van der Waals surface area contributed by atoms with Crippen LogP contribution in [0, 0.1) is 0 Å². The Morgan fingerprint density at radius 1 is 1.38 bits per heavy atom. The molecule has 1 N–H and O–H groups in total. The largest absolute Gasteiger partial charge is 0.534 e. The lowest BCUT2D eigenvalue weighted by Gasteiger charge is -2.26. The predicted octanol–water partition coefficient (Wildman–Crippen LogP) is 2.06. The number of benzene rings is 1. The maximum atomic E-state index is 12.4. The first-order chi connectivity index (χ1) is 11.1. The molecule has 1 heterocycles. The van der Waals surface area contributed by atoms with Gasteiger partial charge in [0.1, 0.15) is 5.75 Å². The van der Waals surface area contributed by atoms with Crippen LogP contribution < -0.4 is 9.50 Å². The average molecular weight is 367 g/mol. The number of hydrogen-bond donors (Lipinski definition) is 1. The van der Waals surface area contributed by atoms with Crippen molar-refractivity contribution >= 4 is 16.1 Å². The van der Waals surface area contributed by atoms with Crippen molar-refractivity contribution < 1.29 is 35.3 Å². The van der Waals surface area contributed by atoms with E-state index in [4.69, 9.17) is 4.74 Å². The Balaban J connectivity index is 2.20. The summed E-state index contributed by atoms with van der Waals surface area (Å²) in [7, 11) is -5.71. The van der Waals surface area contributed by atoms with Crippen LogP contribution in [0.5, 0.6) is 5.75 Å². The minimum Gasteiger partial charge on any atom is -0.466 e. The topological polar surface area (TPSA) is 81.7 Å². The number of carbonyl (C=O) groups is 1. The van der Waals surface area contributed by atoms with Gasteiger partial charge in [-0.15, -0.1) is 0 Å². The molecular weight excluding hydrogens is 351 g/mol. The molecule has 0 aromatic heterocycles. The smallest absolute Gasteiger partial charge is 0.466 e. The molecule has 6 nitrogen and oxygen atoms in total. The molecule has 1 unspecified atom stereocenters. The van der Waals surface area contributed by atoms with Crippen LogP contribution in [0.25, 0.3) is 0 Å². The second-order valence-corrected chi connectivity index (χ2v) is 6.65. The van der Waals surface area contributed by atoms with Crippen molar-refractivity contribution in [1.82, 2.24) is 5.32 Å². The number of alkyl halides is 3. The Morgan fingerprint density at radius 2 is 2.08 bits per heavy atom. The van der Waals surface area contributed by atoms with Gasteiger partial charge in [0.05, 0.1) is 13.0 Å². The third kappa shape index (κ3) is 4.18. The highest BCUT2D eigenvalue weighted by Gasteiger charge is 2.48. The van der Waals surface area contributed by atoms with Gasteiger partial charge in [-0.3, -0.25) is 4.79 Å². The van der Waals surface area contributed by atoms with Crippen molar-refractivity contribution in [2.75, 3.05) is 13.2 Å². The van der Waals surface area contributed by atoms with E-state index >= 15 is 0 Å². The highest BCUT2D eigenvalue weighted by Crippen LogP contribution is 2.32. The Labute approximate surface area is 137 Å². The van der Waals surface area contributed by atoms with Crippen molar-refractivity contribution in [3.63, 3.8) is 0 Å². The Bertz CT molecular complexity index is 718. The summed E-state index contributed by atoms with van der Waals surface area (Å²) in [5, 5.41) is 3.12. The molecule has 24 heavy (non-hydrogen) atoms. The van der Waals surface area contributed by atoms with E-state index in [1.807, 2.05) is 0 Å². The lowest BCUT2D eigenvalue weighted by atomic mass is 9.92. The number of rotatable bonds is 5. The molecule has 1 aliphatic rings. The van der Waals surface area contributed by atoms with E-state index in [0.29, 0.717) is 24.1 Å². The molecule has 1 aromatic carbocycles.